The molecule has 1 aromatic rings. The molecule has 11 nitrogen and oxygen atoms in total. The number of carboxylic acids is 1. The number of aliphatic carboxylic acids is 1. The lowest BCUT2D eigenvalue weighted by Gasteiger charge is -2.28. The van der Waals surface area contributed by atoms with E-state index in [2.05, 4.69) is 0 Å². The van der Waals surface area contributed by atoms with E-state index in [0.717, 1.165) is 32.1 Å². The van der Waals surface area contributed by atoms with Crippen LogP contribution in [0.15, 0.2) is 18.2 Å². The summed E-state index contributed by atoms with van der Waals surface area (Å²) < 4.78 is 26.4. The minimum Gasteiger partial charge on any atom is -0.480 e. The predicted octanol–water partition coefficient (Wildman–Crippen LogP) is 6.21. The molecule has 4 atom stereocenters. The Kier molecular flexibility index (Phi) is 17.1. The van der Waals surface area contributed by atoms with Gasteiger partial charge in [0.1, 0.15) is 6.04 Å². The lowest BCUT2D eigenvalue weighted by atomic mass is 9.82. The number of unbranched alkanes of at least 4 members (excludes halogenated alkanes) is 4. The van der Waals surface area contributed by atoms with E-state index < -0.39 is 36.2 Å². The average Bonchev–Trinajstić information content (AvgIpc) is 2.93. The molecule has 1 rings (SSSR count). The molecule has 0 aliphatic carbocycles. The van der Waals surface area contributed by atoms with Crippen molar-refractivity contribution in [1.29, 1.82) is 0 Å². The quantitative estimate of drug-likeness (QED) is 0.0827. The van der Waals surface area contributed by atoms with E-state index >= 15 is 0 Å². The van der Waals surface area contributed by atoms with Gasteiger partial charge < -0.3 is 34.5 Å². The summed E-state index contributed by atoms with van der Waals surface area (Å²) in [6.45, 7) is 9.73. The predicted molar refractivity (Wildman–Crippen MR) is 152 cm³/mol. The molecule has 232 valence electrons. The largest absolute Gasteiger partial charge is 0.513 e. The summed E-state index contributed by atoms with van der Waals surface area (Å²) in [5.74, 6) is -3.59. The third kappa shape index (κ3) is 13.2. The summed E-state index contributed by atoms with van der Waals surface area (Å²) in [6.07, 6.45) is 4.48. The highest BCUT2D eigenvalue weighted by Crippen LogP contribution is 2.36. The third-order valence-corrected chi connectivity index (χ3v) is 6.57. The molecule has 0 saturated carbocycles. The van der Waals surface area contributed by atoms with Crippen molar-refractivity contribution in [2.75, 3.05) is 19.8 Å². The fourth-order valence-electron chi connectivity index (χ4n) is 4.20. The van der Waals surface area contributed by atoms with Crippen LogP contribution in [0, 0.1) is 11.8 Å². The van der Waals surface area contributed by atoms with Crippen LogP contribution in [-0.4, -0.2) is 55.2 Å². The highest BCUT2D eigenvalue weighted by Gasteiger charge is 2.33. The Labute approximate surface area is 243 Å². The maximum atomic E-state index is 12.4. The summed E-state index contributed by atoms with van der Waals surface area (Å²) in [5, 5.41) is 9.72. The number of benzene rings is 1. The number of hydrogen-bond acceptors (Lipinski definition) is 10. The zero-order valence-electron chi connectivity index (χ0n) is 25.0. The van der Waals surface area contributed by atoms with E-state index in [4.69, 9.17) is 29.4 Å². The van der Waals surface area contributed by atoms with Crippen molar-refractivity contribution in [3.63, 3.8) is 0 Å². The Morgan fingerprint density at radius 3 is 1.88 bits per heavy atom. The Morgan fingerprint density at radius 2 is 1.37 bits per heavy atom. The zero-order valence-corrected chi connectivity index (χ0v) is 25.0. The molecule has 0 radical (unpaired) electrons. The van der Waals surface area contributed by atoms with E-state index in [1.807, 2.05) is 20.8 Å². The van der Waals surface area contributed by atoms with Crippen molar-refractivity contribution in [3.8, 4) is 11.5 Å². The van der Waals surface area contributed by atoms with Crippen molar-refractivity contribution in [2.24, 2.45) is 17.6 Å². The topological polar surface area (TPSA) is 161 Å². The smallest absolute Gasteiger partial charge is 0.480 e. The molecule has 0 aromatic heterocycles. The van der Waals surface area contributed by atoms with Gasteiger partial charge in [0.25, 0.3) is 0 Å². The first kappa shape index (κ1) is 35.7. The van der Waals surface area contributed by atoms with E-state index in [-0.39, 0.29) is 43.2 Å². The molecule has 11 heteroatoms. The summed E-state index contributed by atoms with van der Waals surface area (Å²) in [4.78, 5) is 49.0. The van der Waals surface area contributed by atoms with Gasteiger partial charge in [-0.05, 0) is 42.9 Å². The molecular weight excluding hydrogens is 534 g/mol. The van der Waals surface area contributed by atoms with E-state index in [9.17, 15) is 24.3 Å². The third-order valence-electron chi connectivity index (χ3n) is 6.57. The number of carbonyl (C=O) groups excluding carboxylic acids is 3. The van der Waals surface area contributed by atoms with Crippen molar-refractivity contribution in [2.45, 2.75) is 97.9 Å². The molecule has 3 unspecified atom stereocenters. The zero-order chi connectivity index (χ0) is 30.8. The van der Waals surface area contributed by atoms with Crippen LogP contribution >= 0.6 is 0 Å². The highest BCUT2D eigenvalue weighted by molar-refractivity contribution is 5.75. The number of carbonyl (C=O) groups is 4. The van der Waals surface area contributed by atoms with Gasteiger partial charge in [-0.25, -0.2) is 9.59 Å². The first-order chi connectivity index (χ1) is 19.5. The number of hydrogen-bond donors (Lipinski definition) is 2. The number of nitrogens with two attached hydrogens (primary N) is 1. The second kappa shape index (κ2) is 19.7. The molecule has 3 N–H and O–H groups in total. The summed E-state index contributed by atoms with van der Waals surface area (Å²) in [7, 11) is 0. The van der Waals surface area contributed by atoms with Gasteiger partial charge in [0.15, 0.2) is 11.5 Å². The molecular formula is C30H47NO10. The fourth-order valence-corrected chi connectivity index (χ4v) is 4.20. The Morgan fingerprint density at radius 1 is 0.805 bits per heavy atom. The SMILES string of the molecule is CCCCCOC(=O)Oc1ccc(C(C(C)COC(=O)C(C)CCC)[C@H](N)C(=O)O)cc1OC(=O)OCCCCC. The van der Waals surface area contributed by atoms with Crippen LogP contribution in [0.3, 0.4) is 0 Å². The average molecular weight is 582 g/mol. The molecule has 0 bridgehead atoms. The molecule has 0 amide bonds. The van der Waals surface area contributed by atoms with E-state index in [1.54, 1.807) is 13.8 Å². The van der Waals surface area contributed by atoms with Crippen molar-refractivity contribution >= 4 is 24.2 Å². The van der Waals surface area contributed by atoms with Crippen molar-refractivity contribution in [3.05, 3.63) is 23.8 Å². The molecule has 0 aliphatic heterocycles. The normalized spacial score (nSPS) is 13.8. The van der Waals surface area contributed by atoms with E-state index in [0.29, 0.717) is 24.8 Å². The van der Waals surface area contributed by atoms with Gasteiger partial charge in [0.05, 0.1) is 25.7 Å². The molecule has 41 heavy (non-hydrogen) atoms. The van der Waals surface area contributed by atoms with Crippen LogP contribution in [0.4, 0.5) is 9.59 Å². The van der Waals surface area contributed by atoms with Crippen molar-refractivity contribution < 1.29 is 48.0 Å². The van der Waals surface area contributed by atoms with E-state index in [1.165, 1.54) is 18.2 Å². The maximum absolute atomic E-state index is 12.4. The maximum Gasteiger partial charge on any atom is 0.513 e. The Balaban J connectivity index is 3.25. The molecule has 0 fully saturated rings. The minimum atomic E-state index is -1.37. The Bertz CT molecular complexity index is 967. The molecule has 0 heterocycles. The fraction of sp³-hybridized carbons (Fsp3) is 0.667. The molecule has 0 aliphatic rings. The lowest BCUT2D eigenvalue weighted by Crippen LogP contribution is -2.40. The second-order valence-electron chi connectivity index (χ2n) is 10.2. The van der Waals surface area contributed by atoms with Gasteiger partial charge in [-0.15, -0.1) is 0 Å². The van der Waals surface area contributed by atoms with Gasteiger partial charge in [0.2, 0.25) is 0 Å². The number of rotatable bonds is 19. The molecule has 1 aromatic carbocycles. The summed E-state index contributed by atoms with van der Waals surface area (Å²) in [6, 6.07) is 2.88. The summed E-state index contributed by atoms with van der Waals surface area (Å²) >= 11 is 0. The van der Waals surface area contributed by atoms with Gasteiger partial charge in [-0.2, -0.15) is 0 Å². The van der Waals surface area contributed by atoms with Gasteiger partial charge in [0, 0.05) is 5.92 Å². The van der Waals surface area contributed by atoms with Crippen LogP contribution in [0.25, 0.3) is 0 Å². The van der Waals surface area contributed by atoms with Gasteiger partial charge in [-0.1, -0.05) is 72.8 Å². The monoisotopic (exact) mass is 581 g/mol. The number of ether oxygens (including phenoxy) is 5. The van der Waals surface area contributed by atoms with Crippen LogP contribution in [0.2, 0.25) is 0 Å². The second-order valence-corrected chi connectivity index (χ2v) is 10.2. The first-order valence-corrected chi connectivity index (χ1v) is 14.5. The molecule has 0 spiro atoms. The molecule has 0 saturated heterocycles. The summed E-state index contributed by atoms with van der Waals surface area (Å²) in [5.41, 5.74) is 6.45. The highest BCUT2D eigenvalue weighted by atomic mass is 16.7. The number of carboxylic acid groups (broad SMARTS) is 1. The Hall–Kier alpha value is -3.34. The lowest BCUT2D eigenvalue weighted by molar-refractivity contribution is -0.149. The van der Waals surface area contributed by atoms with Gasteiger partial charge >= 0.3 is 24.2 Å². The van der Waals surface area contributed by atoms with Crippen LogP contribution in [0.5, 0.6) is 11.5 Å². The van der Waals surface area contributed by atoms with Crippen LogP contribution < -0.4 is 15.2 Å². The number of esters is 1. The van der Waals surface area contributed by atoms with Gasteiger partial charge in [-0.3, -0.25) is 9.59 Å². The van der Waals surface area contributed by atoms with Crippen LogP contribution in [-0.2, 0) is 23.8 Å². The van der Waals surface area contributed by atoms with Crippen molar-refractivity contribution in [1.82, 2.24) is 0 Å². The standard InChI is InChI=1S/C30H47NO10/c1-6-9-11-16-37-29(35)40-23-15-14-22(18-24(23)41-30(36)38-17-12-10-7-2)25(26(31)27(32)33)21(5)19-39-28(34)20(4)13-8-3/h14-15,18,20-21,25-26H,6-13,16-17,19,31H2,1-5H3,(H,32,33)/t20?,21?,25?,26-/m0/s1. The first-order valence-electron chi connectivity index (χ1n) is 14.5. The minimum absolute atomic E-state index is 0.0729. The van der Waals surface area contributed by atoms with Crippen LogP contribution in [0.1, 0.15) is 97.5 Å².